The van der Waals surface area contributed by atoms with E-state index < -0.39 is 5.97 Å². The highest BCUT2D eigenvalue weighted by Crippen LogP contribution is 2.22. The van der Waals surface area contributed by atoms with E-state index in [9.17, 15) is 14.0 Å². The molecular weight excluding hydrogens is 511 g/mol. The van der Waals surface area contributed by atoms with Crippen molar-refractivity contribution >= 4 is 34.3 Å². The van der Waals surface area contributed by atoms with E-state index in [1.807, 2.05) is 31.2 Å². The van der Waals surface area contributed by atoms with E-state index in [-0.39, 0.29) is 17.3 Å². The number of piperazine rings is 1. The normalized spacial score (nSPS) is 14.3. The van der Waals surface area contributed by atoms with E-state index in [1.165, 1.54) is 13.2 Å². The Kier molecular flexibility index (Phi) is 8.09. The van der Waals surface area contributed by atoms with E-state index >= 15 is 0 Å². The van der Waals surface area contributed by atoms with Crippen molar-refractivity contribution in [2.45, 2.75) is 20.0 Å². The largest absolute Gasteiger partial charge is 0.464 e. The lowest BCUT2D eigenvalue weighted by atomic mass is 10.1. The molecule has 1 aliphatic rings. The molecule has 208 valence electrons. The monoisotopic (exact) mass is 544 g/mol. The number of hydrogen-bond donors (Lipinski definition) is 3. The molecule has 0 bridgehead atoms. The number of esters is 1. The van der Waals surface area contributed by atoms with Gasteiger partial charge in [-0.3, -0.25) is 9.69 Å². The third-order valence-corrected chi connectivity index (χ3v) is 7.27. The SMILES string of the molecule is COC(=O)c1cc2cc(NCc3cc(NC(=O)c4ccc(CN5CCN(C)CC5)c(F)c4)ccc3C)cnc2[nH]1. The minimum atomic E-state index is -0.452. The van der Waals surface area contributed by atoms with Gasteiger partial charge in [-0.25, -0.2) is 14.2 Å². The second-order valence-electron chi connectivity index (χ2n) is 10.2. The summed E-state index contributed by atoms with van der Waals surface area (Å²) in [5.41, 5.74) is 5.24. The number of H-pyrrole nitrogens is 1. The van der Waals surface area contributed by atoms with Crippen molar-refractivity contribution in [2.24, 2.45) is 0 Å². The summed E-state index contributed by atoms with van der Waals surface area (Å²) >= 11 is 0. The molecule has 1 aliphatic heterocycles. The van der Waals surface area contributed by atoms with Crippen molar-refractivity contribution in [1.82, 2.24) is 19.8 Å². The van der Waals surface area contributed by atoms with Crippen LogP contribution < -0.4 is 10.6 Å². The molecule has 0 unspecified atom stereocenters. The molecule has 40 heavy (non-hydrogen) atoms. The van der Waals surface area contributed by atoms with Gasteiger partial charge in [0.25, 0.3) is 5.91 Å². The number of likely N-dealkylation sites (N-methyl/N-ethyl adjacent to an activating group) is 1. The summed E-state index contributed by atoms with van der Waals surface area (Å²) in [4.78, 5) is 36.5. The van der Waals surface area contributed by atoms with Crippen molar-refractivity contribution in [3.63, 3.8) is 0 Å². The third kappa shape index (κ3) is 6.30. The molecule has 3 N–H and O–H groups in total. The van der Waals surface area contributed by atoms with Gasteiger partial charge in [-0.1, -0.05) is 12.1 Å². The summed E-state index contributed by atoms with van der Waals surface area (Å²) in [7, 11) is 3.42. The predicted molar refractivity (Wildman–Crippen MR) is 153 cm³/mol. The fraction of sp³-hybridized carbons (Fsp3) is 0.300. The maximum absolute atomic E-state index is 14.9. The van der Waals surface area contributed by atoms with Crippen LogP contribution in [-0.2, 0) is 17.8 Å². The number of fused-ring (bicyclic) bond motifs is 1. The zero-order chi connectivity index (χ0) is 28.2. The lowest BCUT2D eigenvalue weighted by Crippen LogP contribution is -2.44. The van der Waals surface area contributed by atoms with Crippen molar-refractivity contribution in [1.29, 1.82) is 0 Å². The van der Waals surface area contributed by atoms with Crippen molar-refractivity contribution in [2.75, 3.05) is 51.0 Å². The predicted octanol–water partition coefficient (Wildman–Crippen LogP) is 4.41. The molecule has 9 nitrogen and oxygen atoms in total. The number of amides is 1. The average molecular weight is 545 g/mol. The Balaban J connectivity index is 1.22. The van der Waals surface area contributed by atoms with Gasteiger partial charge < -0.3 is 25.3 Å². The van der Waals surface area contributed by atoms with Crippen LogP contribution in [0.25, 0.3) is 11.0 Å². The quantitative estimate of drug-likeness (QED) is 0.283. The molecule has 0 saturated carbocycles. The lowest BCUT2D eigenvalue weighted by molar-refractivity contribution is 0.0595. The molecule has 1 amide bonds. The Morgan fingerprint density at radius 3 is 2.58 bits per heavy atom. The van der Waals surface area contributed by atoms with Crippen molar-refractivity contribution in [3.8, 4) is 0 Å². The lowest BCUT2D eigenvalue weighted by Gasteiger charge is -2.32. The Morgan fingerprint density at radius 2 is 1.82 bits per heavy atom. The summed E-state index contributed by atoms with van der Waals surface area (Å²) in [6, 6.07) is 14.0. The van der Waals surface area contributed by atoms with E-state index in [1.54, 1.807) is 24.4 Å². The zero-order valence-electron chi connectivity index (χ0n) is 22.9. The highest BCUT2D eigenvalue weighted by Gasteiger charge is 2.17. The number of rotatable bonds is 8. The molecule has 2 aromatic carbocycles. The number of anilines is 2. The van der Waals surface area contributed by atoms with Gasteiger partial charge in [-0.2, -0.15) is 0 Å². The summed E-state index contributed by atoms with van der Waals surface area (Å²) in [6.45, 7) is 6.75. The van der Waals surface area contributed by atoms with E-state index in [4.69, 9.17) is 4.74 Å². The Bertz CT molecular complexity index is 1540. The fourth-order valence-electron chi connectivity index (χ4n) is 4.74. The first kappa shape index (κ1) is 27.3. The topological polar surface area (TPSA) is 103 Å². The number of methoxy groups -OCH3 is 1. The first-order valence-corrected chi connectivity index (χ1v) is 13.2. The molecule has 1 fully saturated rings. The first-order chi connectivity index (χ1) is 19.3. The minimum absolute atomic E-state index is 0.275. The number of benzene rings is 2. The van der Waals surface area contributed by atoms with Crippen molar-refractivity contribution < 1.29 is 18.7 Å². The molecular formula is C30H33FN6O3. The van der Waals surface area contributed by atoms with Gasteiger partial charge in [0.2, 0.25) is 0 Å². The Hall–Kier alpha value is -4.28. The molecule has 3 heterocycles. The number of aromatic amines is 1. The van der Waals surface area contributed by atoms with E-state index in [2.05, 4.69) is 37.4 Å². The van der Waals surface area contributed by atoms with Crippen LogP contribution in [0.15, 0.2) is 54.7 Å². The van der Waals surface area contributed by atoms with Gasteiger partial charge in [0.05, 0.1) is 19.0 Å². The second kappa shape index (κ2) is 11.8. The maximum Gasteiger partial charge on any atom is 0.354 e. The van der Waals surface area contributed by atoms with Gasteiger partial charge in [0.15, 0.2) is 0 Å². The van der Waals surface area contributed by atoms with Crippen LogP contribution in [0.1, 0.15) is 37.5 Å². The molecule has 0 aliphatic carbocycles. The molecule has 10 heteroatoms. The van der Waals surface area contributed by atoms with Crippen LogP contribution in [0.2, 0.25) is 0 Å². The van der Waals surface area contributed by atoms with Gasteiger partial charge in [0, 0.05) is 61.5 Å². The maximum atomic E-state index is 14.9. The van der Waals surface area contributed by atoms with Crippen LogP contribution in [0.3, 0.4) is 0 Å². The number of ether oxygens (including phenoxy) is 1. The molecule has 0 spiro atoms. The molecule has 1 saturated heterocycles. The zero-order valence-corrected chi connectivity index (χ0v) is 22.9. The Morgan fingerprint density at radius 1 is 1.02 bits per heavy atom. The van der Waals surface area contributed by atoms with E-state index in [0.29, 0.717) is 35.7 Å². The summed E-state index contributed by atoms with van der Waals surface area (Å²) in [6.07, 6.45) is 1.68. The molecule has 5 rings (SSSR count). The standard InChI is InChI=1S/C30H33FN6O3/c1-19-4-7-24(13-23(19)16-32-25-12-22-15-27(30(39)40-3)35-28(22)33-17-25)34-29(38)20-5-6-21(26(31)14-20)18-37-10-8-36(2)9-11-37/h4-7,12-15,17,32H,8-11,16,18H2,1-3H3,(H,33,35)(H,34,38). The third-order valence-electron chi connectivity index (χ3n) is 7.27. The second-order valence-corrected chi connectivity index (χ2v) is 10.2. The number of nitrogens with zero attached hydrogens (tertiary/aromatic N) is 3. The smallest absolute Gasteiger partial charge is 0.354 e. The highest BCUT2D eigenvalue weighted by molar-refractivity contribution is 6.04. The van der Waals surface area contributed by atoms with Gasteiger partial charge >= 0.3 is 5.97 Å². The van der Waals surface area contributed by atoms with Gasteiger partial charge in [0.1, 0.15) is 17.2 Å². The van der Waals surface area contributed by atoms with Crippen LogP contribution in [0, 0.1) is 12.7 Å². The van der Waals surface area contributed by atoms with Crippen LogP contribution >= 0.6 is 0 Å². The van der Waals surface area contributed by atoms with E-state index in [0.717, 1.165) is 48.4 Å². The summed E-state index contributed by atoms with van der Waals surface area (Å²) < 4.78 is 19.6. The minimum Gasteiger partial charge on any atom is -0.464 e. The Labute approximate surface area is 232 Å². The van der Waals surface area contributed by atoms with Gasteiger partial charge in [-0.15, -0.1) is 0 Å². The first-order valence-electron chi connectivity index (χ1n) is 13.2. The van der Waals surface area contributed by atoms with Crippen LogP contribution in [0.4, 0.5) is 15.8 Å². The summed E-state index contributed by atoms with van der Waals surface area (Å²) in [5.74, 6) is -1.19. The number of carbonyl (C=O) groups is 2. The number of nitrogens with one attached hydrogen (secondary N) is 3. The van der Waals surface area contributed by atoms with Crippen molar-refractivity contribution in [3.05, 3.63) is 88.5 Å². The van der Waals surface area contributed by atoms with Crippen LogP contribution in [-0.4, -0.2) is 72.0 Å². The van der Waals surface area contributed by atoms with Crippen LogP contribution in [0.5, 0.6) is 0 Å². The fourth-order valence-corrected chi connectivity index (χ4v) is 4.74. The molecule has 4 aromatic rings. The molecule has 0 radical (unpaired) electrons. The molecule has 0 atom stereocenters. The highest BCUT2D eigenvalue weighted by atomic mass is 19.1. The number of pyridine rings is 1. The average Bonchev–Trinajstić information content (AvgIpc) is 3.38. The number of aryl methyl sites for hydroxylation is 1. The van der Waals surface area contributed by atoms with Gasteiger partial charge in [-0.05, 0) is 61.5 Å². The number of halogens is 1. The molecule has 2 aromatic heterocycles. The number of aromatic nitrogens is 2. The summed E-state index contributed by atoms with van der Waals surface area (Å²) in [5, 5.41) is 7.02. The number of carbonyl (C=O) groups excluding carboxylic acids is 2. The number of hydrogen-bond acceptors (Lipinski definition) is 7.